The van der Waals surface area contributed by atoms with Gasteiger partial charge in [-0.15, -0.1) is 0 Å². The third-order valence-electron chi connectivity index (χ3n) is 1.82. The van der Waals surface area contributed by atoms with Crippen LogP contribution in [0.15, 0.2) is 0 Å². The Balaban J connectivity index is 2.14. The maximum atomic E-state index is 11.0. The molecule has 1 fully saturated rings. The summed E-state index contributed by atoms with van der Waals surface area (Å²) in [5, 5.41) is 5.00. The number of amides is 2. The second kappa shape index (κ2) is 5.53. The fourth-order valence-electron chi connectivity index (χ4n) is 1.19. The minimum Gasteiger partial charge on any atom is -0.358 e. The SMILES string of the molecule is O=CCNC(=O)NC1CCCCO1. The molecule has 1 atom stereocenters. The summed E-state index contributed by atoms with van der Waals surface area (Å²) in [4.78, 5) is 20.9. The molecule has 5 heteroatoms. The number of hydrogen-bond donors (Lipinski definition) is 2. The van der Waals surface area contributed by atoms with E-state index in [1.54, 1.807) is 0 Å². The first-order valence-electron chi connectivity index (χ1n) is 4.42. The Hall–Kier alpha value is -1.10. The lowest BCUT2D eigenvalue weighted by molar-refractivity contribution is -0.107. The summed E-state index contributed by atoms with van der Waals surface area (Å²) in [6.45, 7) is 0.733. The van der Waals surface area contributed by atoms with Crippen LogP contribution in [0, 0.1) is 0 Å². The van der Waals surface area contributed by atoms with Crippen LogP contribution in [0.25, 0.3) is 0 Å². The van der Waals surface area contributed by atoms with Gasteiger partial charge in [-0.05, 0) is 19.3 Å². The van der Waals surface area contributed by atoms with Crippen molar-refractivity contribution in [2.24, 2.45) is 0 Å². The Labute approximate surface area is 76.8 Å². The molecule has 2 amide bonds. The summed E-state index contributed by atoms with van der Waals surface area (Å²) >= 11 is 0. The van der Waals surface area contributed by atoms with E-state index in [1.165, 1.54) is 0 Å². The van der Waals surface area contributed by atoms with E-state index in [-0.39, 0.29) is 18.8 Å². The lowest BCUT2D eigenvalue weighted by Crippen LogP contribution is -2.45. The van der Waals surface area contributed by atoms with Crippen LogP contribution in [-0.4, -0.2) is 31.7 Å². The van der Waals surface area contributed by atoms with E-state index in [1.807, 2.05) is 0 Å². The van der Waals surface area contributed by atoms with Crippen LogP contribution in [-0.2, 0) is 9.53 Å². The molecule has 1 saturated heterocycles. The van der Waals surface area contributed by atoms with Crippen molar-refractivity contribution in [2.45, 2.75) is 25.5 Å². The topological polar surface area (TPSA) is 67.4 Å². The molecule has 0 bridgehead atoms. The Morgan fingerprint density at radius 2 is 2.38 bits per heavy atom. The molecule has 13 heavy (non-hydrogen) atoms. The smallest absolute Gasteiger partial charge is 0.317 e. The molecule has 0 aromatic carbocycles. The number of carbonyl (C=O) groups excluding carboxylic acids is 2. The van der Waals surface area contributed by atoms with E-state index in [0.717, 1.165) is 19.3 Å². The van der Waals surface area contributed by atoms with Crippen LogP contribution < -0.4 is 10.6 Å². The molecule has 2 N–H and O–H groups in total. The van der Waals surface area contributed by atoms with E-state index < -0.39 is 0 Å². The summed E-state index contributed by atoms with van der Waals surface area (Å²) in [7, 11) is 0. The molecule has 0 aromatic rings. The standard InChI is InChI=1S/C8H14N2O3/c11-5-4-9-8(12)10-7-3-1-2-6-13-7/h5,7H,1-4,6H2,(H2,9,10,12). The number of nitrogens with one attached hydrogen (secondary N) is 2. The lowest BCUT2D eigenvalue weighted by Gasteiger charge is -2.23. The van der Waals surface area contributed by atoms with Gasteiger partial charge in [0.25, 0.3) is 0 Å². The fourth-order valence-corrected chi connectivity index (χ4v) is 1.19. The van der Waals surface area contributed by atoms with Crippen LogP contribution in [0.5, 0.6) is 0 Å². The zero-order chi connectivity index (χ0) is 9.52. The largest absolute Gasteiger partial charge is 0.358 e. The first-order chi connectivity index (χ1) is 6.33. The third kappa shape index (κ3) is 3.89. The number of ether oxygens (including phenoxy) is 1. The van der Waals surface area contributed by atoms with Gasteiger partial charge < -0.3 is 20.2 Å². The first-order valence-corrected chi connectivity index (χ1v) is 4.42. The highest BCUT2D eigenvalue weighted by Gasteiger charge is 2.15. The molecule has 0 aliphatic carbocycles. The van der Waals surface area contributed by atoms with Crippen LogP contribution in [0.2, 0.25) is 0 Å². The number of carbonyl (C=O) groups is 2. The van der Waals surface area contributed by atoms with Crippen molar-refractivity contribution in [3.8, 4) is 0 Å². The molecule has 1 rings (SSSR count). The van der Waals surface area contributed by atoms with Gasteiger partial charge in [-0.1, -0.05) is 0 Å². The summed E-state index contributed by atoms with van der Waals surface area (Å²) in [6.07, 6.45) is 3.41. The van der Waals surface area contributed by atoms with Gasteiger partial charge in [-0.2, -0.15) is 0 Å². The summed E-state index contributed by atoms with van der Waals surface area (Å²) in [6, 6.07) is -0.348. The van der Waals surface area contributed by atoms with E-state index >= 15 is 0 Å². The molecule has 0 saturated carbocycles. The highest BCUT2D eigenvalue weighted by atomic mass is 16.5. The zero-order valence-electron chi connectivity index (χ0n) is 7.41. The molecule has 0 spiro atoms. The van der Waals surface area contributed by atoms with Crippen LogP contribution in [0.3, 0.4) is 0 Å². The fraction of sp³-hybridized carbons (Fsp3) is 0.750. The summed E-state index contributed by atoms with van der Waals surface area (Å²) < 4.78 is 5.27. The van der Waals surface area contributed by atoms with Gasteiger partial charge in [0.2, 0.25) is 0 Å². The van der Waals surface area contributed by atoms with Crippen molar-refractivity contribution < 1.29 is 14.3 Å². The maximum Gasteiger partial charge on any atom is 0.317 e. The highest BCUT2D eigenvalue weighted by molar-refractivity contribution is 5.76. The van der Waals surface area contributed by atoms with E-state index in [4.69, 9.17) is 4.74 Å². The van der Waals surface area contributed by atoms with Gasteiger partial charge in [0.05, 0.1) is 6.54 Å². The van der Waals surface area contributed by atoms with Crippen molar-refractivity contribution in [2.75, 3.05) is 13.2 Å². The Morgan fingerprint density at radius 3 is 3.00 bits per heavy atom. The average molecular weight is 186 g/mol. The molecule has 1 heterocycles. The molecule has 74 valence electrons. The average Bonchev–Trinajstić information content (AvgIpc) is 2.16. The number of urea groups is 1. The molecular weight excluding hydrogens is 172 g/mol. The molecule has 0 radical (unpaired) electrons. The van der Waals surface area contributed by atoms with Gasteiger partial charge >= 0.3 is 6.03 Å². The summed E-state index contributed by atoms with van der Waals surface area (Å²) in [5.41, 5.74) is 0. The Morgan fingerprint density at radius 1 is 1.54 bits per heavy atom. The van der Waals surface area contributed by atoms with Crippen molar-refractivity contribution >= 4 is 12.3 Å². The minimum absolute atomic E-state index is 0.0402. The highest BCUT2D eigenvalue weighted by Crippen LogP contribution is 2.09. The lowest BCUT2D eigenvalue weighted by atomic mass is 10.2. The Kier molecular flexibility index (Phi) is 4.25. The second-order valence-corrected chi connectivity index (χ2v) is 2.88. The monoisotopic (exact) mass is 186 g/mol. The van der Waals surface area contributed by atoms with Crippen LogP contribution >= 0.6 is 0 Å². The van der Waals surface area contributed by atoms with E-state index in [0.29, 0.717) is 12.9 Å². The number of hydrogen-bond acceptors (Lipinski definition) is 3. The zero-order valence-corrected chi connectivity index (χ0v) is 7.41. The van der Waals surface area contributed by atoms with Crippen molar-refractivity contribution in [3.05, 3.63) is 0 Å². The number of aldehydes is 1. The molecule has 0 aromatic heterocycles. The van der Waals surface area contributed by atoms with Gasteiger partial charge in [-0.25, -0.2) is 4.79 Å². The van der Waals surface area contributed by atoms with Crippen molar-refractivity contribution in [1.29, 1.82) is 0 Å². The molecule has 5 nitrogen and oxygen atoms in total. The molecule has 1 unspecified atom stereocenters. The quantitative estimate of drug-likeness (QED) is 0.610. The normalized spacial score (nSPS) is 22.0. The van der Waals surface area contributed by atoms with Gasteiger partial charge in [0.1, 0.15) is 12.5 Å². The number of rotatable bonds is 3. The van der Waals surface area contributed by atoms with Crippen LogP contribution in [0.1, 0.15) is 19.3 Å². The Bertz CT molecular complexity index is 178. The van der Waals surface area contributed by atoms with Gasteiger partial charge in [-0.3, -0.25) is 0 Å². The van der Waals surface area contributed by atoms with Gasteiger partial charge in [0.15, 0.2) is 0 Å². The minimum atomic E-state index is -0.348. The molecule has 1 aliphatic heterocycles. The maximum absolute atomic E-state index is 11.0. The first kappa shape index (κ1) is 9.98. The predicted octanol–water partition coefficient (Wildman–Crippen LogP) is 0.0111. The van der Waals surface area contributed by atoms with Crippen LogP contribution in [0.4, 0.5) is 4.79 Å². The predicted molar refractivity (Wildman–Crippen MR) is 46.2 cm³/mol. The third-order valence-corrected chi connectivity index (χ3v) is 1.82. The second-order valence-electron chi connectivity index (χ2n) is 2.88. The van der Waals surface area contributed by atoms with Gasteiger partial charge in [0, 0.05) is 6.61 Å². The molecule has 1 aliphatic rings. The van der Waals surface area contributed by atoms with E-state index in [9.17, 15) is 9.59 Å². The van der Waals surface area contributed by atoms with Crippen molar-refractivity contribution in [3.63, 3.8) is 0 Å². The summed E-state index contributed by atoms with van der Waals surface area (Å²) in [5.74, 6) is 0. The van der Waals surface area contributed by atoms with E-state index in [2.05, 4.69) is 10.6 Å². The molecular formula is C8H14N2O3. The van der Waals surface area contributed by atoms with Crippen molar-refractivity contribution in [1.82, 2.24) is 10.6 Å².